The monoisotopic (exact) mass is 593 g/mol. The van der Waals surface area contributed by atoms with Gasteiger partial charge in [-0.25, -0.2) is 4.79 Å². The molecular weight excluding hydrogens is 550 g/mol. The minimum Gasteiger partial charge on any atom is -0.489 e. The van der Waals surface area contributed by atoms with Crippen molar-refractivity contribution in [3.63, 3.8) is 0 Å². The predicted molar refractivity (Wildman–Crippen MR) is 175 cm³/mol. The Balaban J connectivity index is 1.02. The molecule has 230 valence electrons. The molecule has 8 nitrogen and oxygen atoms in total. The average molecular weight is 594 g/mol. The Kier molecular flexibility index (Phi) is 9.17. The third-order valence-electron chi connectivity index (χ3n) is 8.57. The smallest absolute Gasteiger partial charge is 0.315 e. The van der Waals surface area contributed by atoms with Gasteiger partial charge in [0.25, 0.3) is 5.91 Å². The molecule has 2 unspecified atom stereocenters. The first-order chi connectivity index (χ1) is 21.4. The molecule has 2 saturated heterocycles. The summed E-state index contributed by atoms with van der Waals surface area (Å²) in [4.78, 5) is 33.0. The summed E-state index contributed by atoms with van der Waals surface area (Å²) in [6, 6.07) is 16.2. The fourth-order valence-corrected chi connectivity index (χ4v) is 6.43. The van der Waals surface area contributed by atoms with Crippen molar-refractivity contribution in [1.82, 2.24) is 20.4 Å². The van der Waals surface area contributed by atoms with Crippen LogP contribution in [0.5, 0.6) is 5.75 Å². The van der Waals surface area contributed by atoms with Gasteiger partial charge in [-0.05, 0) is 68.5 Å². The number of piperazine rings is 1. The van der Waals surface area contributed by atoms with Crippen LogP contribution in [-0.2, 0) is 6.54 Å². The Hall–Kier alpha value is -4.30. The number of urea groups is 1. The molecule has 4 aliphatic rings. The van der Waals surface area contributed by atoms with E-state index in [9.17, 15) is 9.59 Å². The highest BCUT2D eigenvalue weighted by Crippen LogP contribution is 2.33. The van der Waals surface area contributed by atoms with Gasteiger partial charge in [0.1, 0.15) is 5.75 Å². The maximum absolute atomic E-state index is 13.7. The molecule has 44 heavy (non-hydrogen) atoms. The van der Waals surface area contributed by atoms with Gasteiger partial charge in [-0.1, -0.05) is 60.7 Å². The van der Waals surface area contributed by atoms with Gasteiger partial charge in [0.05, 0.1) is 23.9 Å². The molecule has 2 aromatic carbocycles. The highest BCUT2D eigenvalue weighted by Gasteiger charge is 2.31. The molecule has 2 atom stereocenters. The van der Waals surface area contributed by atoms with Gasteiger partial charge in [0.2, 0.25) is 0 Å². The summed E-state index contributed by atoms with van der Waals surface area (Å²) < 4.78 is 6.06. The zero-order valence-corrected chi connectivity index (χ0v) is 25.7. The zero-order chi connectivity index (χ0) is 30.5. The van der Waals surface area contributed by atoms with Gasteiger partial charge in [0.15, 0.2) is 0 Å². The zero-order valence-electron chi connectivity index (χ0n) is 25.7. The van der Waals surface area contributed by atoms with Crippen molar-refractivity contribution in [3.8, 4) is 5.75 Å². The number of nitrogens with zero attached hydrogens (tertiary/aromatic N) is 3. The van der Waals surface area contributed by atoms with Crippen LogP contribution in [0, 0.1) is 0 Å². The third-order valence-corrected chi connectivity index (χ3v) is 8.57. The number of benzene rings is 2. The number of hydrogen-bond acceptors (Lipinski definition) is 5. The molecule has 0 saturated carbocycles. The lowest BCUT2D eigenvalue weighted by molar-refractivity contribution is 0.0825. The molecule has 0 aromatic heterocycles. The number of allylic oxidation sites excluding steroid dienone is 3. The Morgan fingerprint density at radius 2 is 1.75 bits per heavy atom. The number of carbonyl (C=O) groups is 2. The summed E-state index contributed by atoms with van der Waals surface area (Å²) >= 11 is 0. The number of carbonyl (C=O) groups excluding carboxylic acids is 2. The summed E-state index contributed by atoms with van der Waals surface area (Å²) in [7, 11) is 0. The number of rotatable bonds is 8. The quantitative estimate of drug-likeness (QED) is 0.428. The van der Waals surface area contributed by atoms with Crippen LogP contribution in [0.4, 0.5) is 10.5 Å². The number of para-hydroxylation sites is 2. The third kappa shape index (κ3) is 7.08. The first kappa shape index (κ1) is 29.8. The van der Waals surface area contributed by atoms with E-state index >= 15 is 0 Å². The standard InChI is InChI=1S/C36H43N5O3/c1-26(2)44-34-14-7-6-13-33(34)40-21-19-39(20-22-40)25-27-9-8-10-29(23-27)35(42)41-18-17-28-24-31(15-16-32(28)41)38-36(43)37-30-11-4-3-5-12-30/h3-11,13-14,16,23-24,26,30-31H,12,15,17-22,25H2,1-2H3,(H2,37,38,43). The van der Waals surface area contributed by atoms with Crippen LogP contribution >= 0.6 is 0 Å². The van der Waals surface area contributed by atoms with E-state index in [1.807, 2.05) is 41.3 Å². The predicted octanol–water partition coefficient (Wildman–Crippen LogP) is 5.41. The molecule has 2 heterocycles. The molecule has 8 heteroatoms. The maximum Gasteiger partial charge on any atom is 0.315 e. The second kappa shape index (κ2) is 13.6. The minimum absolute atomic E-state index is 0.0227. The molecule has 0 spiro atoms. The van der Waals surface area contributed by atoms with Crippen LogP contribution in [0.3, 0.4) is 0 Å². The van der Waals surface area contributed by atoms with E-state index < -0.39 is 0 Å². The number of hydrogen-bond donors (Lipinski definition) is 2. The molecule has 2 aliphatic carbocycles. The maximum atomic E-state index is 13.7. The van der Waals surface area contributed by atoms with Gasteiger partial charge in [0, 0.05) is 50.5 Å². The van der Waals surface area contributed by atoms with Gasteiger partial charge >= 0.3 is 6.03 Å². The first-order valence-corrected chi connectivity index (χ1v) is 15.9. The summed E-state index contributed by atoms with van der Waals surface area (Å²) in [5, 5.41) is 6.09. The second-order valence-corrected chi connectivity index (χ2v) is 12.2. The van der Waals surface area contributed by atoms with E-state index in [4.69, 9.17) is 4.74 Å². The summed E-state index contributed by atoms with van der Waals surface area (Å²) in [5.74, 6) is 0.979. The van der Waals surface area contributed by atoms with E-state index in [1.54, 1.807) is 0 Å². The number of amides is 3. The van der Waals surface area contributed by atoms with Crippen LogP contribution in [0.25, 0.3) is 0 Å². The topological polar surface area (TPSA) is 77.2 Å². The largest absolute Gasteiger partial charge is 0.489 e. The average Bonchev–Trinajstić information content (AvgIpc) is 3.45. The van der Waals surface area contributed by atoms with E-state index in [0.29, 0.717) is 13.0 Å². The first-order valence-electron chi connectivity index (χ1n) is 15.9. The van der Waals surface area contributed by atoms with Crippen molar-refractivity contribution in [3.05, 3.63) is 107 Å². The van der Waals surface area contributed by atoms with E-state index in [1.165, 1.54) is 0 Å². The van der Waals surface area contributed by atoms with E-state index in [0.717, 1.165) is 79.4 Å². The molecule has 2 fully saturated rings. The highest BCUT2D eigenvalue weighted by atomic mass is 16.5. The molecule has 3 amide bonds. The molecule has 0 bridgehead atoms. The molecule has 2 N–H and O–H groups in total. The van der Waals surface area contributed by atoms with Crippen molar-refractivity contribution in [2.24, 2.45) is 0 Å². The van der Waals surface area contributed by atoms with Crippen LogP contribution in [0.15, 0.2) is 96.3 Å². The number of anilines is 1. The number of fused-ring (bicyclic) bond motifs is 1. The van der Waals surface area contributed by atoms with Crippen molar-refractivity contribution >= 4 is 17.6 Å². The minimum atomic E-state index is -0.164. The van der Waals surface area contributed by atoms with E-state index in [-0.39, 0.29) is 30.1 Å². The Morgan fingerprint density at radius 3 is 2.55 bits per heavy atom. The van der Waals surface area contributed by atoms with Crippen LogP contribution in [-0.4, -0.2) is 72.6 Å². The van der Waals surface area contributed by atoms with Crippen molar-refractivity contribution in [2.75, 3.05) is 37.6 Å². The van der Waals surface area contributed by atoms with Crippen LogP contribution in [0.2, 0.25) is 0 Å². The normalized spacial score (nSPS) is 21.5. The fourth-order valence-electron chi connectivity index (χ4n) is 6.43. The van der Waals surface area contributed by atoms with Crippen LogP contribution in [0.1, 0.15) is 49.0 Å². The highest BCUT2D eigenvalue weighted by molar-refractivity contribution is 5.96. The van der Waals surface area contributed by atoms with E-state index in [2.05, 4.69) is 82.8 Å². The van der Waals surface area contributed by atoms with Gasteiger partial charge in [-0.2, -0.15) is 0 Å². The lowest BCUT2D eigenvalue weighted by Gasteiger charge is -2.37. The lowest BCUT2D eigenvalue weighted by Crippen LogP contribution is -2.46. The Bertz CT molecular complexity index is 1480. The number of ether oxygens (including phenoxy) is 1. The summed E-state index contributed by atoms with van der Waals surface area (Å²) in [6.45, 7) is 9.35. The Morgan fingerprint density at radius 1 is 0.932 bits per heavy atom. The number of likely N-dealkylation sites (tertiary alicyclic amines) is 1. The van der Waals surface area contributed by atoms with Crippen molar-refractivity contribution < 1.29 is 14.3 Å². The van der Waals surface area contributed by atoms with Crippen LogP contribution < -0.4 is 20.3 Å². The summed E-state index contributed by atoms with van der Waals surface area (Å²) in [6.07, 6.45) is 14.6. The molecule has 6 rings (SSSR count). The second-order valence-electron chi connectivity index (χ2n) is 12.2. The molecular formula is C36H43N5O3. The lowest BCUT2D eigenvalue weighted by atomic mass is 9.99. The summed E-state index contributed by atoms with van der Waals surface area (Å²) in [5.41, 5.74) is 5.14. The van der Waals surface area contributed by atoms with Crippen molar-refractivity contribution in [2.45, 2.75) is 57.8 Å². The Labute approximate surface area is 260 Å². The molecule has 0 radical (unpaired) electrons. The fraction of sp³-hybridized carbons (Fsp3) is 0.389. The van der Waals surface area contributed by atoms with Gasteiger partial charge in [-0.3, -0.25) is 9.69 Å². The van der Waals surface area contributed by atoms with Crippen molar-refractivity contribution in [1.29, 1.82) is 0 Å². The number of nitrogens with one attached hydrogen (secondary N) is 2. The molecule has 2 aromatic rings. The van der Waals surface area contributed by atoms with Gasteiger partial charge in [-0.15, -0.1) is 0 Å². The molecule has 2 aliphatic heterocycles. The SMILES string of the molecule is CC(C)Oc1ccccc1N1CCN(Cc2cccc(C(=O)N3CCC4=CC(NC(=O)NC5C=CC=CC5)CC=C43)c2)CC1. The van der Waals surface area contributed by atoms with Gasteiger partial charge < -0.3 is 25.2 Å².